The van der Waals surface area contributed by atoms with Crippen molar-refractivity contribution < 1.29 is 14.7 Å². The highest BCUT2D eigenvalue weighted by Crippen LogP contribution is 2.09. The van der Waals surface area contributed by atoms with E-state index in [0.717, 1.165) is 0 Å². The van der Waals surface area contributed by atoms with Crippen LogP contribution in [-0.4, -0.2) is 42.1 Å². The van der Waals surface area contributed by atoms with Crippen molar-refractivity contribution in [2.24, 2.45) is 0 Å². The summed E-state index contributed by atoms with van der Waals surface area (Å²) in [5, 5.41) is 11.2. The van der Waals surface area contributed by atoms with Gasteiger partial charge in [0.25, 0.3) is 5.91 Å². The molecule has 0 spiro atoms. The van der Waals surface area contributed by atoms with Crippen LogP contribution in [0.1, 0.15) is 23.7 Å². The number of pyridine rings is 1. The monoisotopic (exact) mass is 251 g/mol. The predicted molar refractivity (Wildman–Crippen MR) is 67.7 cm³/mol. The second-order valence-electron chi connectivity index (χ2n) is 4.27. The van der Waals surface area contributed by atoms with Crippen molar-refractivity contribution in [3.05, 3.63) is 23.9 Å². The number of hydrogen-bond donors (Lipinski definition) is 2. The number of carbonyl (C=O) groups excluding carboxylic acids is 1. The van der Waals surface area contributed by atoms with Crippen molar-refractivity contribution in [3.63, 3.8) is 0 Å². The van der Waals surface area contributed by atoms with Crippen molar-refractivity contribution in [2.45, 2.75) is 19.4 Å². The lowest BCUT2D eigenvalue weighted by atomic mass is 10.2. The Labute approximate surface area is 106 Å². The molecule has 6 nitrogen and oxygen atoms in total. The molecule has 1 amide bonds. The second-order valence-corrected chi connectivity index (χ2v) is 4.27. The van der Waals surface area contributed by atoms with Crippen molar-refractivity contribution >= 4 is 17.7 Å². The van der Waals surface area contributed by atoms with Crippen LogP contribution in [0.2, 0.25) is 0 Å². The van der Waals surface area contributed by atoms with Gasteiger partial charge in [0.1, 0.15) is 5.82 Å². The Kier molecular flexibility index (Phi) is 4.65. The van der Waals surface area contributed by atoms with Gasteiger partial charge in [-0.05, 0) is 19.1 Å². The maximum atomic E-state index is 11.9. The highest BCUT2D eigenvalue weighted by molar-refractivity contribution is 5.95. The number of nitrogens with one attached hydrogen (secondary N) is 1. The zero-order valence-corrected chi connectivity index (χ0v) is 10.7. The SMILES string of the molecule is CC(CC(=O)O)NC(=O)c1ccnc(N(C)C)c1. The Bertz CT molecular complexity index is 446. The molecule has 2 N–H and O–H groups in total. The van der Waals surface area contributed by atoms with E-state index >= 15 is 0 Å². The van der Waals surface area contributed by atoms with Gasteiger partial charge in [-0.25, -0.2) is 4.98 Å². The molecule has 0 aliphatic heterocycles. The maximum absolute atomic E-state index is 11.9. The number of rotatable bonds is 5. The number of aromatic nitrogens is 1. The van der Waals surface area contributed by atoms with E-state index in [4.69, 9.17) is 5.11 Å². The van der Waals surface area contributed by atoms with Gasteiger partial charge in [-0.1, -0.05) is 0 Å². The van der Waals surface area contributed by atoms with Crippen molar-refractivity contribution in [2.75, 3.05) is 19.0 Å². The van der Waals surface area contributed by atoms with Crippen LogP contribution in [0.15, 0.2) is 18.3 Å². The van der Waals surface area contributed by atoms with Gasteiger partial charge in [0.05, 0.1) is 6.42 Å². The molecule has 98 valence electrons. The van der Waals surface area contributed by atoms with Crippen LogP contribution in [0.5, 0.6) is 0 Å². The number of amides is 1. The minimum absolute atomic E-state index is 0.0998. The minimum atomic E-state index is -0.938. The molecule has 1 atom stereocenters. The number of nitrogens with zero attached hydrogens (tertiary/aromatic N) is 2. The van der Waals surface area contributed by atoms with Gasteiger partial charge in [-0.15, -0.1) is 0 Å². The van der Waals surface area contributed by atoms with Gasteiger partial charge < -0.3 is 15.3 Å². The van der Waals surface area contributed by atoms with Crippen molar-refractivity contribution in [1.82, 2.24) is 10.3 Å². The molecule has 18 heavy (non-hydrogen) atoms. The van der Waals surface area contributed by atoms with Gasteiger partial charge in [-0.2, -0.15) is 0 Å². The average Bonchev–Trinajstić information content (AvgIpc) is 2.27. The Morgan fingerprint density at radius 2 is 2.17 bits per heavy atom. The van der Waals surface area contributed by atoms with Crippen molar-refractivity contribution in [3.8, 4) is 0 Å². The van der Waals surface area contributed by atoms with Gasteiger partial charge in [-0.3, -0.25) is 9.59 Å². The summed E-state index contributed by atoms with van der Waals surface area (Å²) >= 11 is 0. The fraction of sp³-hybridized carbons (Fsp3) is 0.417. The molecule has 0 fully saturated rings. The summed E-state index contributed by atoms with van der Waals surface area (Å²) in [6.07, 6.45) is 1.45. The molecule has 1 heterocycles. The topological polar surface area (TPSA) is 82.5 Å². The lowest BCUT2D eigenvalue weighted by molar-refractivity contribution is -0.137. The molecule has 0 bridgehead atoms. The van der Waals surface area contributed by atoms with E-state index in [1.165, 1.54) is 0 Å². The van der Waals surface area contributed by atoms with E-state index in [1.807, 2.05) is 14.1 Å². The van der Waals surface area contributed by atoms with E-state index < -0.39 is 12.0 Å². The van der Waals surface area contributed by atoms with Crippen LogP contribution in [0.4, 0.5) is 5.82 Å². The molecule has 6 heteroatoms. The molecule has 0 aliphatic rings. The zero-order chi connectivity index (χ0) is 13.7. The Balaban J connectivity index is 2.72. The van der Waals surface area contributed by atoms with Gasteiger partial charge in [0.2, 0.25) is 0 Å². The second kappa shape index (κ2) is 6.00. The molecule has 0 radical (unpaired) electrons. The molecule has 1 aromatic rings. The van der Waals surface area contributed by atoms with Gasteiger partial charge >= 0.3 is 5.97 Å². The van der Waals surface area contributed by atoms with Crippen LogP contribution >= 0.6 is 0 Å². The molecule has 0 saturated carbocycles. The van der Waals surface area contributed by atoms with Crippen LogP contribution in [0.25, 0.3) is 0 Å². The number of aliphatic carboxylic acids is 1. The fourth-order valence-corrected chi connectivity index (χ4v) is 1.42. The zero-order valence-electron chi connectivity index (χ0n) is 10.7. The Morgan fingerprint density at radius 3 is 2.72 bits per heavy atom. The first kappa shape index (κ1) is 14.0. The molecular weight excluding hydrogens is 234 g/mol. The lowest BCUT2D eigenvalue weighted by Gasteiger charge is -2.14. The largest absolute Gasteiger partial charge is 0.481 e. The predicted octanol–water partition coefficient (Wildman–Crippen LogP) is 0.741. The molecule has 0 saturated heterocycles. The average molecular weight is 251 g/mol. The first-order chi connectivity index (χ1) is 8.40. The van der Waals surface area contributed by atoms with Crippen LogP contribution < -0.4 is 10.2 Å². The number of carboxylic acid groups (broad SMARTS) is 1. The summed E-state index contributed by atoms with van der Waals surface area (Å²) in [5.74, 6) is -0.561. The van der Waals surface area contributed by atoms with Crippen LogP contribution in [-0.2, 0) is 4.79 Å². The molecular formula is C12H17N3O3. The van der Waals surface area contributed by atoms with Gasteiger partial charge in [0.15, 0.2) is 0 Å². The molecule has 0 aromatic carbocycles. The summed E-state index contributed by atoms with van der Waals surface area (Å²) in [6, 6.07) is 2.84. The van der Waals surface area contributed by atoms with E-state index in [9.17, 15) is 9.59 Å². The number of hydrogen-bond acceptors (Lipinski definition) is 4. The first-order valence-electron chi connectivity index (χ1n) is 5.56. The summed E-state index contributed by atoms with van der Waals surface area (Å²) in [7, 11) is 3.66. The number of anilines is 1. The number of carboxylic acids is 1. The van der Waals surface area contributed by atoms with E-state index in [2.05, 4.69) is 10.3 Å². The maximum Gasteiger partial charge on any atom is 0.305 e. The Hall–Kier alpha value is -2.11. The smallest absolute Gasteiger partial charge is 0.305 e. The molecule has 1 rings (SSSR count). The third-order valence-electron chi connectivity index (χ3n) is 2.32. The fourth-order valence-electron chi connectivity index (χ4n) is 1.42. The first-order valence-corrected chi connectivity index (χ1v) is 5.56. The standard InChI is InChI=1S/C12H17N3O3/c1-8(6-11(16)17)14-12(18)9-4-5-13-10(7-9)15(2)3/h4-5,7-8H,6H2,1-3H3,(H,14,18)(H,16,17). The molecule has 1 aromatic heterocycles. The quantitative estimate of drug-likeness (QED) is 0.806. The van der Waals surface area contributed by atoms with Gasteiger partial charge in [0, 0.05) is 31.9 Å². The van der Waals surface area contributed by atoms with Crippen LogP contribution in [0, 0.1) is 0 Å². The summed E-state index contributed by atoms with van der Waals surface area (Å²) < 4.78 is 0. The third kappa shape index (κ3) is 4.04. The number of carbonyl (C=O) groups is 2. The lowest BCUT2D eigenvalue weighted by Crippen LogP contribution is -2.34. The Morgan fingerprint density at radius 1 is 1.50 bits per heavy atom. The summed E-state index contributed by atoms with van der Waals surface area (Å²) in [6.45, 7) is 1.65. The molecule has 0 aliphatic carbocycles. The summed E-state index contributed by atoms with van der Waals surface area (Å²) in [4.78, 5) is 28.3. The van der Waals surface area contributed by atoms with Crippen LogP contribution in [0.3, 0.4) is 0 Å². The minimum Gasteiger partial charge on any atom is -0.481 e. The summed E-state index contributed by atoms with van der Waals surface area (Å²) in [5.41, 5.74) is 0.464. The van der Waals surface area contributed by atoms with E-state index in [0.29, 0.717) is 11.4 Å². The third-order valence-corrected chi connectivity index (χ3v) is 2.32. The highest BCUT2D eigenvalue weighted by Gasteiger charge is 2.13. The van der Waals surface area contributed by atoms with Crippen molar-refractivity contribution in [1.29, 1.82) is 0 Å². The highest BCUT2D eigenvalue weighted by atomic mass is 16.4. The van der Waals surface area contributed by atoms with E-state index in [-0.39, 0.29) is 12.3 Å². The molecule has 1 unspecified atom stereocenters. The van der Waals surface area contributed by atoms with E-state index in [1.54, 1.807) is 30.2 Å². The normalized spacial score (nSPS) is 11.7.